The first kappa shape index (κ1) is 11.3. The van der Waals surface area contributed by atoms with Crippen LogP contribution >= 0.6 is 0 Å². The van der Waals surface area contributed by atoms with Gasteiger partial charge in [-0.05, 0) is 5.56 Å². The third-order valence-corrected chi connectivity index (χ3v) is 5.41. The zero-order valence-electron chi connectivity index (χ0n) is 9.04. The summed E-state index contributed by atoms with van der Waals surface area (Å²) in [6.45, 7) is 1.62. The molecule has 0 spiro atoms. The Morgan fingerprint density at radius 1 is 1.25 bits per heavy atom. The van der Waals surface area contributed by atoms with Gasteiger partial charge in [-0.3, -0.25) is 0 Å². The van der Waals surface area contributed by atoms with Crippen molar-refractivity contribution in [1.82, 2.24) is 0 Å². The Balaban J connectivity index is 2.29. The molecule has 1 aromatic rings. The first-order valence-electron chi connectivity index (χ1n) is 5.33. The van der Waals surface area contributed by atoms with Crippen molar-refractivity contribution in [1.29, 1.82) is 0 Å². The molecule has 2 rings (SSSR count). The van der Waals surface area contributed by atoms with E-state index in [2.05, 4.69) is 0 Å². The highest BCUT2D eigenvalue weighted by atomic mass is 32.2. The first-order valence-corrected chi connectivity index (χ1v) is 7.05. The van der Waals surface area contributed by atoms with Crippen LogP contribution in [0.25, 0.3) is 0 Å². The van der Waals surface area contributed by atoms with Crippen LogP contribution in [-0.2, 0) is 14.6 Å². The molecule has 4 heteroatoms. The third kappa shape index (κ3) is 1.78. The van der Waals surface area contributed by atoms with Crippen molar-refractivity contribution in [3.63, 3.8) is 0 Å². The van der Waals surface area contributed by atoms with Crippen LogP contribution in [0.2, 0.25) is 0 Å². The average molecular weight is 238 g/mol. The van der Waals surface area contributed by atoms with Crippen molar-refractivity contribution in [2.24, 2.45) is 5.92 Å². The normalized spacial score (nSPS) is 28.7. The summed E-state index contributed by atoms with van der Waals surface area (Å²) in [5, 5.41) is -0.502. The van der Waals surface area contributed by atoms with Gasteiger partial charge in [-0.2, -0.15) is 0 Å². The van der Waals surface area contributed by atoms with E-state index in [1.165, 1.54) is 0 Å². The van der Waals surface area contributed by atoms with E-state index in [1.54, 1.807) is 6.92 Å². The van der Waals surface area contributed by atoms with Gasteiger partial charge in [0, 0.05) is 17.6 Å². The summed E-state index contributed by atoms with van der Waals surface area (Å²) in [7, 11) is -3.11. The molecule has 0 unspecified atom stereocenters. The lowest BCUT2D eigenvalue weighted by Gasteiger charge is -1.99. The fourth-order valence-corrected chi connectivity index (χ4v) is 4.00. The molecular formula is C12H14O3S. The number of aldehydes is 1. The lowest BCUT2D eigenvalue weighted by Crippen LogP contribution is -2.12. The molecule has 86 valence electrons. The lowest BCUT2D eigenvalue weighted by atomic mass is 10.1. The largest absolute Gasteiger partial charge is 0.303 e. The van der Waals surface area contributed by atoms with Crippen LogP contribution in [0.3, 0.4) is 0 Å². The maximum atomic E-state index is 11.8. The van der Waals surface area contributed by atoms with Gasteiger partial charge in [-0.15, -0.1) is 0 Å². The zero-order chi connectivity index (χ0) is 11.8. The number of sulfone groups is 1. The Kier molecular flexibility index (Phi) is 2.84. The number of carbonyl (C=O) groups excluding carboxylic acids is 1. The molecule has 1 aliphatic carbocycles. The second-order valence-electron chi connectivity index (χ2n) is 4.07. The van der Waals surface area contributed by atoms with Gasteiger partial charge in [0.1, 0.15) is 6.29 Å². The lowest BCUT2D eigenvalue weighted by molar-refractivity contribution is -0.108. The fourth-order valence-electron chi connectivity index (χ4n) is 2.21. The van der Waals surface area contributed by atoms with Gasteiger partial charge < -0.3 is 4.79 Å². The molecule has 0 radical (unpaired) electrons. The van der Waals surface area contributed by atoms with E-state index < -0.39 is 15.1 Å². The van der Waals surface area contributed by atoms with Crippen LogP contribution in [0.4, 0.5) is 0 Å². The summed E-state index contributed by atoms with van der Waals surface area (Å²) >= 11 is 0. The van der Waals surface area contributed by atoms with E-state index in [0.29, 0.717) is 0 Å². The van der Waals surface area contributed by atoms with Gasteiger partial charge >= 0.3 is 0 Å². The fraction of sp³-hybridized carbons (Fsp3) is 0.417. The smallest absolute Gasteiger partial charge is 0.154 e. The van der Waals surface area contributed by atoms with Gasteiger partial charge in [-0.25, -0.2) is 8.42 Å². The highest BCUT2D eigenvalue weighted by Gasteiger charge is 2.57. The van der Waals surface area contributed by atoms with Crippen LogP contribution in [0.15, 0.2) is 30.3 Å². The average Bonchev–Trinajstić information content (AvgIpc) is 3.05. The quantitative estimate of drug-likeness (QED) is 0.745. The van der Waals surface area contributed by atoms with Gasteiger partial charge in [-0.1, -0.05) is 37.3 Å². The summed E-state index contributed by atoms with van der Waals surface area (Å²) in [4.78, 5) is 10.9. The van der Waals surface area contributed by atoms with Gasteiger partial charge in [0.25, 0.3) is 0 Å². The van der Waals surface area contributed by atoms with E-state index in [1.807, 2.05) is 30.3 Å². The van der Waals surface area contributed by atoms with Crippen molar-refractivity contribution in [3.8, 4) is 0 Å². The topological polar surface area (TPSA) is 51.2 Å². The minimum atomic E-state index is -3.11. The molecule has 0 amide bonds. The first-order chi connectivity index (χ1) is 7.61. The van der Waals surface area contributed by atoms with Crippen LogP contribution in [0.5, 0.6) is 0 Å². The summed E-state index contributed by atoms with van der Waals surface area (Å²) < 4.78 is 23.5. The van der Waals surface area contributed by atoms with Crippen LogP contribution in [0.1, 0.15) is 18.4 Å². The minimum Gasteiger partial charge on any atom is -0.303 e. The maximum absolute atomic E-state index is 11.8. The zero-order valence-corrected chi connectivity index (χ0v) is 9.85. The van der Waals surface area contributed by atoms with Crippen LogP contribution in [-0.4, -0.2) is 25.7 Å². The van der Waals surface area contributed by atoms with Crippen molar-refractivity contribution < 1.29 is 13.2 Å². The second-order valence-corrected chi connectivity index (χ2v) is 6.51. The minimum absolute atomic E-state index is 0.103. The van der Waals surface area contributed by atoms with E-state index in [9.17, 15) is 13.2 Å². The Morgan fingerprint density at radius 2 is 1.88 bits per heavy atom. The number of benzene rings is 1. The third-order valence-electron chi connectivity index (χ3n) is 3.17. The molecule has 0 aliphatic heterocycles. The van der Waals surface area contributed by atoms with Gasteiger partial charge in [0.2, 0.25) is 0 Å². The number of carbonyl (C=O) groups is 1. The number of hydrogen-bond acceptors (Lipinski definition) is 3. The SMILES string of the molecule is CCS(=O)(=O)[C@@H]1[C@H](C=O)[C@@H]1c1ccccc1. The molecule has 0 bridgehead atoms. The van der Waals surface area contributed by atoms with Crippen molar-refractivity contribution in [3.05, 3.63) is 35.9 Å². The Hall–Kier alpha value is -1.16. The van der Waals surface area contributed by atoms with Crippen molar-refractivity contribution >= 4 is 16.1 Å². The van der Waals surface area contributed by atoms with Crippen LogP contribution < -0.4 is 0 Å². The van der Waals surface area contributed by atoms with Gasteiger partial charge in [0.15, 0.2) is 9.84 Å². The highest BCUT2D eigenvalue weighted by Crippen LogP contribution is 2.51. The maximum Gasteiger partial charge on any atom is 0.154 e. The van der Waals surface area contributed by atoms with Crippen molar-refractivity contribution in [2.45, 2.75) is 18.1 Å². The Morgan fingerprint density at radius 3 is 2.38 bits per heavy atom. The van der Waals surface area contributed by atoms with E-state index in [0.717, 1.165) is 11.8 Å². The molecule has 3 nitrogen and oxygen atoms in total. The molecule has 1 aliphatic rings. The molecule has 16 heavy (non-hydrogen) atoms. The standard InChI is InChI=1S/C12H14O3S/c1-2-16(14,15)12-10(8-13)11(12)9-6-4-3-5-7-9/h3-8,10-12H,2H2,1H3/t10-,11+,12-/m1/s1. The molecule has 0 aromatic heterocycles. The second kappa shape index (κ2) is 4.01. The summed E-state index contributed by atoms with van der Waals surface area (Å²) in [5.41, 5.74) is 0.946. The van der Waals surface area contributed by atoms with Crippen LogP contribution in [0, 0.1) is 5.92 Å². The van der Waals surface area contributed by atoms with E-state index in [4.69, 9.17) is 0 Å². The number of hydrogen-bond donors (Lipinski definition) is 0. The monoisotopic (exact) mass is 238 g/mol. The Bertz CT molecular complexity index is 478. The highest BCUT2D eigenvalue weighted by molar-refractivity contribution is 7.92. The molecule has 1 aromatic carbocycles. The molecule has 0 heterocycles. The molecule has 0 N–H and O–H groups in total. The molecule has 1 saturated carbocycles. The molecule has 1 fully saturated rings. The van der Waals surface area contributed by atoms with E-state index in [-0.39, 0.29) is 17.6 Å². The van der Waals surface area contributed by atoms with E-state index >= 15 is 0 Å². The predicted molar refractivity (Wildman–Crippen MR) is 62.0 cm³/mol. The summed E-state index contributed by atoms with van der Waals surface area (Å²) in [6, 6.07) is 9.38. The predicted octanol–water partition coefficient (Wildman–Crippen LogP) is 1.40. The van der Waals surface area contributed by atoms with Crippen molar-refractivity contribution in [2.75, 3.05) is 5.75 Å². The molecule has 0 saturated heterocycles. The summed E-state index contributed by atoms with van der Waals surface area (Å²) in [6.07, 6.45) is 0.773. The molecular weight excluding hydrogens is 224 g/mol. The van der Waals surface area contributed by atoms with Gasteiger partial charge in [0.05, 0.1) is 5.25 Å². The summed E-state index contributed by atoms with van der Waals surface area (Å²) in [5.74, 6) is -0.387. The Labute approximate surface area is 95.4 Å². The number of rotatable bonds is 4. The molecule has 3 atom stereocenters.